The van der Waals surface area contributed by atoms with Crippen LogP contribution in [0, 0.1) is 17.8 Å². The first kappa shape index (κ1) is 17.0. The molecule has 0 heterocycles. The maximum atomic E-state index is 12.1. The molecular formula is C15H28N2O3. The average Bonchev–Trinajstić information content (AvgIpc) is 2.38. The van der Waals surface area contributed by atoms with Crippen LogP contribution in [0.1, 0.15) is 47.0 Å². The van der Waals surface area contributed by atoms with Crippen LogP contribution in [0.25, 0.3) is 0 Å². The van der Waals surface area contributed by atoms with E-state index < -0.39 is 6.04 Å². The van der Waals surface area contributed by atoms with Crippen LogP contribution < -0.4 is 11.1 Å². The summed E-state index contributed by atoms with van der Waals surface area (Å²) in [6, 6.07) is -0.643. The fraction of sp³-hybridized carbons (Fsp3) is 0.867. The molecule has 0 aromatic rings. The van der Waals surface area contributed by atoms with Gasteiger partial charge in [0.05, 0.1) is 6.54 Å². The van der Waals surface area contributed by atoms with E-state index >= 15 is 0 Å². The van der Waals surface area contributed by atoms with Crippen LogP contribution in [0.15, 0.2) is 0 Å². The number of hydrogen-bond donors (Lipinski definition) is 2. The monoisotopic (exact) mass is 284 g/mol. The van der Waals surface area contributed by atoms with E-state index in [4.69, 9.17) is 10.5 Å². The summed E-state index contributed by atoms with van der Waals surface area (Å²) in [5, 5.41) is 2.54. The lowest BCUT2D eigenvalue weighted by Gasteiger charge is -2.37. The lowest BCUT2D eigenvalue weighted by atomic mass is 9.75. The van der Waals surface area contributed by atoms with E-state index in [1.54, 1.807) is 6.92 Å². The first-order chi connectivity index (χ1) is 9.35. The van der Waals surface area contributed by atoms with E-state index in [0.717, 1.165) is 12.8 Å². The largest absolute Gasteiger partial charge is 0.461 e. The molecule has 0 aliphatic heterocycles. The first-order valence-corrected chi connectivity index (χ1v) is 7.55. The molecule has 1 rings (SSSR count). The predicted molar refractivity (Wildman–Crippen MR) is 77.9 cm³/mol. The molecular weight excluding hydrogens is 256 g/mol. The maximum absolute atomic E-state index is 12.1. The molecule has 5 nitrogen and oxygen atoms in total. The molecule has 0 spiro atoms. The highest BCUT2D eigenvalue weighted by molar-refractivity contribution is 5.85. The van der Waals surface area contributed by atoms with Gasteiger partial charge in [-0.3, -0.25) is 4.79 Å². The number of nitrogens with one attached hydrogen (secondary N) is 1. The fourth-order valence-corrected chi connectivity index (χ4v) is 2.86. The Morgan fingerprint density at radius 1 is 1.30 bits per heavy atom. The Labute approximate surface area is 121 Å². The first-order valence-electron chi connectivity index (χ1n) is 7.55. The van der Waals surface area contributed by atoms with Crippen LogP contribution in [0.4, 0.5) is 0 Å². The van der Waals surface area contributed by atoms with Crippen molar-refractivity contribution in [3.05, 3.63) is 0 Å². The summed E-state index contributed by atoms with van der Waals surface area (Å²) in [5.41, 5.74) is 5.22. The summed E-state index contributed by atoms with van der Waals surface area (Å²) in [4.78, 5) is 23.3. The van der Waals surface area contributed by atoms with Crippen molar-refractivity contribution in [3.63, 3.8) is 0 Å². The molecule has 1 unspecified atom stereocenters. The van der Waals surface area contributed by atoms with Crippen molar-refractivity contribution in [1.82, 2.24) is 5.32 Å². The molecule has 1 aliphatic carbocycles. The summed E-state index contributed by atoms with van der Waals surface area (Å²) >= 11 is 0. The number of carbonyl (C=O) groups excluding carboxylic acids is 2. The lowest BCUT2D eigenvalue weighted by molar-refractivity contribution is -0.159. The van der Waals surface area contributed by atoms with Crippen molar-refractivity contribution in [2.45, 2.75) is 59.1 Å². The van der Waals surface area contributed by atoms with Gasteiger partial charge in [0.2, 0.25) is 5.91 Å². The highest BCUT2D eigenvalue weighted by atomic mass is 16.5. The quantitative estimate of drug-likeness (QED) is 0.749. The highest BCUT2D eigenvalue weighted by Gasteiger charge is 2.34. The van der Waals surface area contributed by atoms with E-state index in [0.29, 0.717) is 17.8 Å². The van der Waals surface area contributed by atoms with Gasteiger partial charge in [0.25, 0.3) is 0 Å². The number of ether oxygens (including phenoxy) is 1. The Balaban J connectivity index is 2.58. The molecule has 1 aliphatic rings. The molecule has 1 amide bonds. The lowest BCUT2D eigenvalue weighted by Crippen LogP contribution is -2.45. The van der Waals surface area contributed by atoms with Crippen LogP contribution in [0.2, 0.25) is 0 Å². The molecule has 1 saturated carbocycles. The van der Waals surface area contributed by atoms with Gasteiger partial charge in [-0.1, -0.05) is 27.2 Å². The molecule has 0 bridgehead atoms. The van der Waals surface area contributed by atoms with Crippen LogP contribution in [0.5, 0.6) is 0 Å². The minimum absolute atomic E-state index is 0.0384. The summed E-state index contributed by atoms with van der Waals surface area (Å²) < 4.78 is 5.65. The number of amides is 1. The van der Waals surface area contributed by atoms with E-state index in [1.807, 2.05) is 0 Å². The van der Waals surface area contributed by atoms with Crippen LogP contribution >= 0.6 is 0 Å². The third-order valence-corrected chi connectivity index (χ3v) is 4.15. The van der Waals surface area contributed by atoms with Crippen LogP contribution in [-0.2, 0) is 14.3 Å². The molecule has 5 heteroatoms. The topological polar surface area (TPSA) is 81.4 Å². The minimum atomic E-state index is -0.643. The highest BCUT2D eigenvalue weighted by Crippen LogP contribution is 2.35. The molecule has 0 aromatic heterocycles. The number of rotatable bonds is 5. The minimum Gasteiger partial charge on any atom is -0.461 e. The van der Waals surface area contributed by atoms with Gasteiger partial charge in [-0.05, 0) is 37.5 Å². The number of nitrogens with two attached hydrogens (primary N) is 1. The molecule has 116 valence electrons. The molecule has 0 saturated heterocycles. The SMILES string of the molecule is CC(NC(=O)CN)C(=O)O[C@@H]1C[C@H](C)CC[C@H]1C(C)C. The predicted octanol–water partition coefficient (Wildman–Crippen LogP) is 1.45. The Morgan fingerprint density at radius 3 is 2.50 bits per heavy atom. The van der Waals surface area contributed by atoms with Gasteiger partial charge in [-0.25, -0.2) is 4.79 Å². The van der Waals surface area contributed by atoms with E-state index in [1.165, 1.54) is 6.42 Å². The van der Waals surface area contributed by atoms with Crippen molar-refractivity contribution in [1.29, 1.82) is 0 Å². The molecule has 4 atom stereocenters. The van der Waals surface area contributed by atoms with Gasteiger partial charge in [0.15, 0.2) is 0 Å². The Hall–Kier alpha value is -1.10. The van der Waals surface area contributed by atoms with Gasteiger partial charge < -0.3 is 15.8 Å². The van der Waals surface area contributed by atoms with Gasteiger partial charge in [0.1, 0.15) is 12.1 Å². The van der Waals surface area contributed by atoms with Gasteiger partial charge in [-0.15, -0.1) is 0 Å². The average molecular weight is 284 g/mol. The number of hydrogen-bond acceptors (Lipinski definition) is 4. The van der Waals surface area contributed by atoms with Crippen molar-refractivity contribution in [2.75, 3.05) is 6.54 Å². The number of esters is 1. The molecule has 0 radical (unpaired) electrons. The smallest absolute Gasteiger partial charge is 0.328 e. The zero-order valence-electron chi connectivity index (χ0n) is 13.0. The summed E-state index contributed by atoms with van der Waals surface area (Å²) in [6.45, 7) is 8.04. The number of carbonyl (C=O) groups is 2. The van der Waals surface area contributed by atoms with Gasteiger partial charge >= 0.3 is 5.97 Å². The van der Waals surface area contributed by atoms with Crippen LogP contribution in [-0.4, -0.2) is 30.6 Å². The molecule has 3 N–H and O–H groups in total. The van der Waals surface area contributed by atoms with Gasteiger partial charge in [0, 0.05) is 0 Å². The Morgan fingerprint density at radius 2 is 1.95 bits per heavy atom. The summed E-state index contributed by atoms with van der Waals surface area (Å²) in [5.74, 6) is 0.780. The summed E-state index contributed by atoms with van der Waals surface area (Å²) in [7, 11) is 0. The van der Waals surface area contributed by atoms with Crippen molar-refractivity contribution in [3.8, 4) is 0 Å². The van der Waals surface area contributed by atoms with Crippen molar-refractivity contribution < 1.29 is 14.3 Å². The second-order valence-corrected chi connectivity index (χ2v) is 6.29. The molecule has 0 aromatic carbocycles. The summed E-state index contributed by atoms with van der Waals surface area (Å²) in [6.07, 6.45) is 3.16. The molecule has 1 fully saturated rings. The zero-order chi connectivity index (χ0) is 15.3. The fourth-order valence-electron chi connectivity index (χ4n) is 2.86. The van der Waals surface area contributed by atoms with E-state index in [-0.39, 0.29) is 24.5 Å². The van der Waals surface area contributed by atoms with Gasteiger partial charge in [-0.2, -0.15) is 0 Å². The second-order valence-electron chi connectivity index (χ2n) is 6.29. The molecule has 20 heavy (non-hydrogen) atoms. The van der Waals surface area contributed by atoms with Crippen molar-refractivity contribution >= 4 is 11.9 Å². The maximum Gasteiger partial charge on any atom is 0.328 e. The zero-order valence-corrected chi connectivity index (χ0v) is 13.0. The Kier molecular flexibility index (Phi) is 6.46. The van der Waals surface area contributed by atoms with Crippen molar-refractivity contribution in [2.24, 2.45) is 23.5 Å². The standard InChI is InChI=1S/C15H28N2O3/c1-9(2)12-6-5-10(3)7-13(12)20-15(19)11(4)17-14(18)8-16/h9-13H,5-8,16H2,1-4H3,(H,17,18)/t10-,11?,12+,13-/m1/s1. The van der Waals surface area contributed by atoms with Crippen LogP contribution in [0.3, 0.4) is 0 Å². The third-order valence-electron chi connectivity index (χ3n) is 4.15. The Bertz CT molecular complexity index is 344. The second kappa shape index (κ2) is 7.62. The normalized spacial score (nSPS) is 28.0. The van der Waals surface area contributed by atoms with E-state index in [2.05, 4.69) is 26.1 Å². The van der Waals surface area contributed by atoms with E-state index in [9.17, 15) is 9.59 Å². The third kappa shape index (κ3) is 4.78.